The van der Waals surface area contributed by atoms with Gasteiger partial charge in [0.05, 0.1) is 17.9 Å². The van der Waals surface area contributed by atoms with E-state index in [-0.39, 0.29) is 23.4 Å². The van der Waals surface area contributed by atoms with Crippen LogP contribution in [0.4, 0.5) is 5.69 Å². The van der Waals surface area contributed by atoms with E-state index in [2.05, 4.69) is 30.8 Å². The first-order valence-electron chi connectivity index (χ1n) is 11.3. The van der Waals surface area contributed by atoms with Gasteiger partial charge < -0.3 is 9.64 Å². The van der Waals surface area contributed by atoms with Crippen LogP contribution in [0.5, 0.6) is 5.88 Å². The van der Waals surface area contributed by atoms with Gasteiger partial charge in [-0.25, -0.2) is 4.98 Å². The number of nitrogens with zero attached hydrogens (tertiary/aromatic N) is 5. The minimum atomic E-state index is -0.0786. The first-order chi connectivity index (χ1) is 15.6. The third-order valence-electron chi connectivity index (χ3n) is 6.46. The SMILES string of the molecule is CCC(=O)c1ncc2c(n1)OCC1CN(Cc3cnc4c(c3)CC(=O)C(CC)=C4)CCN21. The van der Waals surface area contributed by atoms with Gasteiger partial charge in [-0.1, -0.05) is 19.9 Å². The number of pyridine rings is 1. The van der Waals surface area contributed by atoms with Crippen LogP contribution < -0.4 is 9.64 Å². The summed E-state index contributed by atoms with van der Waals surface area (Å²) in [5, 5.41) is 0. The average Bonchev–Trinajstić information content (AvgIpc) is 2.82. The molecule has 0 radical (unpaired) electrons. The van der Waals surface area contributed by atoms with Gasteiger partial charge in [-0.15, -0.1) is 0 Å². The Morgan fingerprint density at radius 2 is 2.09 bits per heavy atom. The normalized spacial score (nSPS) is 20.1. The van der Waals surface area contributed by atoms with E-state index in [0.29, 0.717) is 25.3 Å². The van der Waals surface area contributed by atoms with Gasteiger partial charge in [0.1, 0.15) is 12.3 Å². The topological polar surface area (TPSA) is 88.5 Å². The van der Waals surface area contributed by atoms with Crippen molar-refractivity contribution in [3.05, 3.63) is 46.7 Å². The van der Waals surface area contributed by atoms with Gasteiger partial charge in [0.15, 0.2) is 17.4 Å². The van der Waals surface area contributed by atoms with E-state index in [1.165, 1.54) is 0 Å². The van der Waals surface area contributed by atoms with E-state index >= 15 is 0 Å². The van der Waals surface area contributed by atoms with Gasteiger partial charge >= 0.3 is 0 Å². The number of ketones is 2. The van der Waals surface area contributed by atoms with Gasteiger partial charge in [0.2, 0.25) is 5.88 Å². The molecule has 0 spiro atoms. The predicted molar refractivity (Wildman–Crippen MR) is 120 cm³/mol. The van der Waals surface area contributed by atoms with Gasteiger partial charge in [0.25, 0.3) is 0 Å². The Hall–Kier alpha value is -3.13. The van der Waals surface area contributed by atoms with E-state index in [1.54, 1.807) is 13.1 Å². The summed E-state index contributed by atoms with van der Waals surface area (Å²) in [5.41, 5.74) is 4.80. The lowest BCUT2D eigenvalue weighted by atomic mass is 9.92. The molecule has 2 aliphatic heterocycles. The van der Waals surface area contributed by atoms with Crippen LogP contribution in [0.25, 0.3) is 6.08 Å². The molecule has 1 unspecified atom stereocenters. The van der Waals surface area contributed by atoms with Crippen LogP contribution >= 0.6 is 0 Å². The highest BCUT2D eigenvalue weighted by Gasteiger charge is 2.34. The summed E-state index contributed by atoms with van der Waals surface area (Å²) in [6.45, 7) is 7.71. The Labute approximate surface area is 187 Å². The number of rotatable bonds is 5. The Balaban J connectivity index is 1.27. The molecule has 2 aromatic rings. The van der Waals surface area contributed by atoms with Crippen LogP contribution in [0, 0.1) is 0 Å². The van der Waals surface area contributed by atoms with Gasteiger partial charge in [-0.3, -0.25) is 19.5 Å². The standard InChI is InChI=1S/C24H27N5O3/c1-3-16-8-19-17(9-22(16)31)7-15(10-25-19)12-28-5-6-29-18(13-28)14-32-24-20(29)11-26-23(27-24)21(30)4-2/h7-8,10-11,18H,3-6,9,12-14H2,1-2H3. The summed E-state index contributed by atoms with van der Waals surface area (Å²) in [7, 11) is 0. The molecule has 2 aromatic heterocycles. The number of anilines is 1. The monoisotopic (exact) mass is 433 g/mol. The lowest BCUT2D eigenvalue weighted by Crippen LogP contribution is -2.57. The molecule has 8 heteroatoms. The molecular formula is C24H27N5O3. The summed E-state index contributed by atoms with van der Waals surface area (Å²) >= 11 is 0. The predicted octanol–water partition coefficient (Wildman–Crippen LogP) is 2.47. The molecule has 166 valence electrons. The molecule has 8 nitrogen and oxygen atoms in total. The molecule has 5 rings (SSSR count). The Bertz CT molecular complexity index is 1110. The summed E-state index contributed by atoms with van der Waals surface area (Å²) in [5.74, 6) is 0.855. The van der Waals surface area contributed by atoms with Crippen molar-refractivity contribution < 1.29 is 14.3 Å². The number of carbonyl (C=O) groups excluding carboxylic acids is 2. The second-order valence-corrected chi connectivity index (χ2v) is 8.57. The molecule has 0 aromatic carbocycles. The van der Waals surface area contributed by atoms with Crippen molar-refractivity contribution in [3.8, 4) is 5.88 Å². The van der Waals surface area contributed by atoms with Crippen LogP contribution in [-0.2, 0) is 17.8 Å². The highest BCUT2D eigenvalue weighted by molar-refractivity contribution is 6.03. The maximum atomic E-state index is 12.3. The fraction of sp³-hybridized carbons (Fsp3) is 0.458. The van der Waals surface area contributed by atoms with E-state index in [0.717, 1.165) is 60.7 Å². The number of aromatic nitrogens is 3. The minimum absolute atomic E-state index is 0.0786. The number of hydrogen-bond donors (Lipinski definition) is 0. The molecule has 0 amide bonds. The van der Waals surface area contributed by atoms with Crippen molar-refractivity contribution in [2.75, 3.05) is 31.1 Å². The van der Waals surface area contributed by atoms with Crippen molar-refractivity contribution in [1.29, 1.82) is 0 Å². The average molecular weight is 434 g/mol. The molecular weight excluding hydrogens is 406 g/mol. The lowest BCUT2D eigenvalue weighted by molar-refractivity contribution is -0.115. The van der Waals surface area contributed by atoms with E-state index in [1.807, 2.05) is 19.2 Å². The first kappa shape index (κ1) is 20.8. The molecule has 0 bridgehead atoms. The van der Waals surface area contributed by atoms with E-state index < -0.39 is 0 Å². The zero-order valence-corrected chi connectivity index (χ0v) is 18.5. The first-order valence-corrected chi connectivity index (χ1v) is 11.3. The Morgan fingerprint density at radius 1 is 1.22 bits per heavy atom. The second-order valence-electron chi connectivity index (χ2n) is 8.57. The van der Waals surface area contributed by atoms with Crippen LogP contribution in [0.1, 0.15) is 54.1 Å². The maximum Gasteiger partial charge on any atom is 0.241 e. The smallest absolute Gasteiger partial charge is 0.241 e. The zero-order chi connectivity index (χ0) is 22.2. The molecule has 0 N–H and O–H groups in total. The summed E-state index contributed by atoms with van der Waals surface area (Å²) < 4.78 is 5.91. The quantitative estimate of drug-likeness (QED) is 0.665. The molecule has 1 aliphatic carbocycles. The molecule has 4 heterocycles. The summed E-state index contributed by atoms with van der Waals surface area (Å²) in [6.07, 6.45) is 7.15. The number of allylic oxidation sites excluding steroid dienone is 1. The largest absolute Gasteiger partial charge is 0.474 e. The zero-order valence-electron chi connectivity index (χ0n) is 18.5. The van der Waals surface area contributed by atoms with E-state index in [9.17, 15) is 9.59 Å². The van der Waals surface area contributed by atoms with Gasteiger partial charge in [0, 0.05) is 45.2 Å². The van der Waals surface area contributed by atoms with Crippen LogP contribution in [0.2, 0.25) is 0 Å². The maximum absolute atomic E-state index is 12.3. The third kappa shape index (κ3) is 3.79. The highest BCUT2D eigenvalue weighted by Crippen LogP contribution is 2.33. The van der Waals surface area contributed by atoms with Crippen LogP contribution in [-0.4, -0.2) is 63.7 Å². The van der Waals surface area contributed by atoms with E-state index in [4.69, 9.17) is 4.74 Å². The van der Waals surface area contributed by atoms with Crippen molar-refractivity contribution in [2.45, 2.75) is 45.7 Å². The summed E-state index contributed by atoms with van der Waals surface area (Å²) in [4.78, 5) is 42.1. The number of ether oxygens (including phenoxy) is 1. The molecule has 3 aliphatic rings. The van der Waals surface area contributed by atoms with Crippen LogP contribution in [0.15, 0.2) is 24.0 Å². The number of fused-ring (bicyclic) bond motifs is 4. The van der Waals surface area contributed by atoms with Crippen molar-refractivity contribution in [2.24, 2.45) is 0 Å². The van der Waals surface area contributed by atoms with Crippen molar-refractivity contribution in [1.82, 2.24) is 19.9 Å². The highest BCUT2D eigenvalue weighted by atomic mass is 16.5. The Morgan fingerprint density at radius 3 is 2.91 bits per heavy atom. The van der Waals surface area contributed by atoms with Crippen molar-refractivity contribution in [3.63, 3.8) is 0 Å². The molecule has 0 saturated carbocycles. The fourth-order valence-electron chi connectivity index (χ4n) is 4.67. The van der Waals surface area contributed by atoms with Gasteiger partial charge in [-0.05, 0) is 29.2 Å². The minimum Gasteiger partial charge on any atom is -0.474 e. The number of hydrogen-bond acceptors (Lipinski definition) is 8. The van der Waals surface area contributed by atoms with Crippen molar-refractivity contribution >= 4 is 23.3 Å². The molecule has 1 atom stereocenters. The van der Waals surface area contributed by atoms with Gasteiger partial charge in [-0.2, -0.15) is 4.98 Å². The number of Topliss-reactive ketones (excluding diaryl/α,β-unsaturated/α-hetero) is 2. The second kappa shape index (κ2) is 8.43. The Kier molecular flexibility index (Phi) is 5.46. The number of carbonyl (C=O) groups is 2. The summed E-state index contributed by atoms with van der Waals surface area (Å²) in [6, 6.07) is 2.33. The lowest BCUT2D eigenvalue weighted by Gasteiger charge is -2.45. The fourth-order valence-corrected chi connectivity index (χ4v) is 4.67. The van der Waals surface area contributed by atoms with Crippen LogP contribution in [0.3, 0.4) is 0 Å². The molecule has 1 fully saturated rings. The third-order valence-corrected chi connectivity index (χ3v) is 6.46. The molecule has 32 heavy (non-hydrogen) atoms. The number of piperazine rings is 1. The molecule has 1 saturated heterocycles.